The fourth-order valence-electron chi connectivity index (χ4n) is 4.21. The van der Waals surface area contributed by atoms with Crippen LogP contribution in [0.4, 0.5) is 5.69 Å². The summed E-state index contributed by atoms with van der Waals surface area (Å²) in [4.78, 5) is 31.8. The maximum Gasteiger partial charge on any atom is 0.251 e. The Balaban J connectivity index is 1.41. The second-order valence-electron chi connectivity index (χ2n) is 7.80. The lowest BCUT2D eigenvalue weighted by Gasteiger charge is -2.37. The number of carbonyl (C=O) groups is 2. The molecule has 2 aromatic rings. The first kappa shape index (κ1) is 18.8. The summed E-state index contributed by atoms with van der Waals surface area (Å²) < 4.78 is 0. The minimum atomic E-state index is -0.328. The van der Waals surface area contributed by atoms with Gasteiger partial charge in [-0.1, -0.05) is 42.5 Å². The molecule has 0 radical (unpaired) electrons. The van der Waals surface area contributed by atoms with E-state index in [4.69, 9.17) is 0 Å². The van der Waals surface area contributed by atoms with Crippen molar-refractivity contribution in [3.8, 4) is 0 Å². The molecule has 0 spiro atoms. The highest BCUT2D eigenvalue weighted by Gasteiger charge is 2.43. The number of rotatable bonds is 4. The van der Waals surface area contributed by atoms with Crippen molar-refractivity contribution < 1.29 is 9.59 Å². The topological polar surface area (TPSA) is 43.9 Å². The van der Waals surface area contributed by atoms with E-state index in [1.165, 1.54) is 10.5 Å². The molecular formula is C23H27N3O2. The first-order chi connectivity index (χ1) is 13.5. The summed E-state index contributed by atoms with van der Waals surface area (Å²) in [5.41, 5.74) is 4.14. The molecule has 2 aliphatic rings. The van der Waals surface area contributed by atoms with Gasteiger partial charge in [-0.2, -0.15) is 0 Å². The molecule has 2 amide bonds. The smallest absolute Gasteiger partial charge is 0.251 e. The molecule has 2 aliphatic heterocycles. The molecule has 146 valence electrons. The highest BCUT2D eigenvalue weighted by Crippen LogP contribution is 2.30. The van der Waals surface area contributed by atoms with Gasteiger partial charge in [-0.15, -0.1) is 0 Å². The van der Waals surface area contributed by atoms with Crippen LogP contribution in [0.25, 0.3) is 0 Å². The molecule has 2 saturated heterocycles. The van der Waals surface area contributed by atoms with E-state index >= 15 is 0 Å². The fraction of sp³-hybridized carbons (Fsp3) is 0.391. The zero-order chi connectivity index (χ0) is 19.7. The van der Waals surface area contributed by atoms with Gasteiger partial charge in [0, 0.05) is 32.7 Å². The van der Waals surface area contributed by atoms with E-state index in [2.05, 4.69) is 34.1 Å². The number of piperazine rings is 1. The third kappa shape index (κ3) is 3.60. The zero-order valence-electron chi connectivity index (χ0n) is 16.6. The average molecular weight is 377 g/mol. The van der Waals surface area contributed by atoms with Crippen LogP contribution in [0, 0.1) is 13.8 Å². The Morgan fingerprint density at radius 2 is 1.61 bits per heavy atom. The van der Waals surface area contributed by atoms with E-state index in [0.29, 0.717) is 0 Å². The molecule has 5 nitrogen and oxygen atoms in total. The normalized spacial score (nSPS) is 21.5. The number of hydrogen-bond acceptors (Lipinski definition) is 4. The summed E-state index contributed by atoms with van der Waals surface area (Å²) in [5, 5.41) is 0. The van der Waals surface area contributed by atoms with E-state index in [9.17, 15) is 9.59 Å². The van der Waals surface area contributed by atoms with Crippen molar-refractivity contribution in [2.24, 2.45) is 0 Å². The van der Waals surface area contributed by atoms with E-state index in [0.717, 1.165) is 49.5 Å². The molecule has 4 rings (SSSR count). The Bertz CT molecular complexity index is 873. The van der Waals surface area contributed by atoms with Gasteiger partial charge in [-0.05, 0) is 36.6 Å². The summed E-state index contributed by atoms with van der Waals surface area (Å²) in [7, 11) is 0. The molecule has 0 aliphatic carbocycles. The number of imide groups is 1. The average Bonchev–Trinajstić information content (AvgIpc) is 3.00. The minimum Gasteiger partial charge on any atom is -0.297 e. The SMILES string of the molecule is Cc1cccc(N2C(=O)C[C@@H](N3CCN(Cc4ccccc4)CC3)C2=O)c1C. The summed E-state index contributed by atoms with van der Waals surface area (Å²) in [5.74, 6) is -0.161. The van der Waals surface area contributed by atoms with Crippen LogP contribution < -0.4 is 4.90 Å². The first-order valence-corrected chi connectivity index (χ1v) is 9.98. The van der Waals surface area contributed by atoms with Crippen molar-refractivity contribution in [1.29, 1.82) is 0 Å². The van der Waals surface area contributed by atoms with Gasteiger partial charge >= 0.3 is 0 Å². The van der Waals surface area contributed by atoms with Crippen LogP contribution in [0.2, 0.25) is 0 Å². The van der Waals surface area contributed by atoms with Crippen molar-refractivity contribution in [2.75, 3.05) is 31.1 Å². The fourth-order valence-corrected chi connectivity index (χ4v) is 4.21. The number of carbonyl (C=O) groups excluding carboxylic acids is 2. The van der Waals surface area contributed by atoms with E-state index < -0.39 is 0 Å². The lowest BCUT2D eigenvalue weighted by atomic mass is 10.1. The lowest BCUT2D eigenvalue weighted by molar-refractivity contribution is -0.123. The Morgan fingerprint density at radius 1 is 0.893 bits per heavy atom. The second kappa shape index (κ2) is 7.86. The number of hydrogen-bond donors (Lipinski definition) is 0. The van der Waals surface area contributed by atoms with Gasteiger partial charge < -0.3 is 0 Å². The van der Waals surface area contributed by atoms with E-state index in [1.54, 1.807) is 0 Å². The highest BCUT2D eigenvalue weighted by molar-refractivity contribution is 6.22. The number of nitrogens with zero attached hydrogens (tertiary/aromatic N) is 3. The van der Waals surface area contributed by atoms with Crippen molar-refractivity contribution in [1.82, 2.24) is 9.80 Å². The zero-order valence-corrected chi connectivity index (χ0v) is 16.6. The molecule has 2 aromatic carbocycles. The summed E-state index contributed by atoms with van der Waals surface area (Å²) in [6.45, 7) is 8.37. The van der Waals surface area contributed by atoms with Gasteiger partial charge in [0.15, 0.2) is 0 Å². The summed E-state index contributed by atoms with van der Waals surface area (Å²) in [6, 6.07) is 15.9. The van der Waals surface area contributed by atoms with Crippen molar-refractivity contribution in [2.45, 2.75) is 32.9 Å². The van der Waals surface area contributed by atoms with Crippen LogP contribution in [-0.4, -0.2) is 53.8 Å². The maximum absolute atomic E-state index is 13.1. The van der Waals surface area contributed by atoms with E-state index in [1.807, 2.05) is 38.1 Å². The Hall–Kier alpha value is -2.50. The quantitative estimate of drug-likeness (QED) is 0.769. The van der Waals surface area contributed by atoms with Crippen LogP contribution in [0.3, 0.4) is 0 Å². The van der Waals surface area contributed by atoms with Gasteiger partial charge in [0.2, 0.25) is 5.91 Å². The number of anilines is 1. The van der Waals surface area contributed by atoms with Crippen LogP contribution in [-0.2, 0) is 16.1 Å². The molecule has 0 bridgehead atoms. The van der Waals surface area contributed by atoms with Crippen LogP contribution in [0.1, 0.15) is 23.1 Å². The maximum atomic E-state index is 13.1. The van der Waals surface area contributed by atoms with Crippen LogP contribution in [0.5, 0.6) is 0 Å². The molecule has 2 heterocycles. The predicted octanol–water partition coefficient (Wildman–Crippen LogP) is 2.75. The van der Waals surface area contributed by atoms with Gasteiger partial charge in [0.25, 0.3) is 5.91 Å². The van der Waals surface area contributed by atoms with Crippen LogP contribution >= 0.6 is 0 Å². The molecule has 2 fully saturated rings. The monoisotopic (exact) mass is 377 g/mol. The van der Waals surface area contributed by atoms with Gasteiger partial charge in [0.05, 0.1) is 18.2 Å². The molecule has 0 unspecified atom stereocenters. The number of benzene rings is 2. The number of aryl methyl sites for hydroxylation is 1. The molecular weight excluding hydrogens is 350 g/mol. The molecule has 1 atom stereocenters. The second-order valence-corrected chi connectivity index (χ2v) is 7.80. The van der Waals surface area contributed by atoms with Crippen molar-refractivity contribution >= 4 is 17.5 Å². The summed E-state index contributed by atoms with van der Waals surface area (Å²) >= 11 is 0. The van der Waals surface area contributed by atoms with Crippen molar-refractivity contribution in [3.63, 3.8) is 0 Å². The molecule has 0 N–H and O–H groups in total. The van der Waals surface area contributed by atoms with Gasteiger partial charge in [0.1, 0.15) is 0 Å². The molecule has 0 aromatic heterocycles. The predicted molar refractivity (Wildman–Crippen MR) is 110 cm³/mol. The third-order valence-corrected chi connectivity index (χ3v) is 6.04. The van der Waals surface area contributed by atoms with E-state index in [-0.39, 0.29) is 24.3 Å². The Kier molecular flexibility index (Phi) is 5.29. The molecule has 5 heteroatoms. The highest BCUT2D eigenvalue weighted by atomic mass is 16.2. The third-order valence-electron chi connectivity index (χ3n) is 6.04. The summed E-state index contributed by atoms with van der Waals surface area (Å²) in [6.07, 6.45) is 0.283. The van der Waals surface area contributed by atoms with Gasteiger partial charge in [-0.25, -0.2) is 4.90 Å². The van der Waals surface area contributed by atoms with Gasteiger partial charge in [-0.3, -0.25) is 19.4 Å². The standard InChI is InChI=1S/C23H27N3O2/c1-17-7-6-10-20(18(17)2)26-22(27)15-21(23(26)28)25-13-11-24(12-14-25)16-19-8-4-3-5-9-19/h3-10,21H,11-16H2,1-2H3/t21-/m1/s1. The molecule has 0 saturated carbocycles. The molecule has 28 heavy (non-hydrogen) atoms. The largest absolute Gasteiger partial charge is 0.297 e. The first-order valence-electron chi connectivity index (χ1n) is 9.98. The minimum absolute atomic E-state index is 0.0739. The Morgan fingerprint density at radius 3 is 2.32 bits per heavy atom. The lowest BCUT2D eigenvalue weighted by Crippen LogP contribution is -2.52. The Labute approximate surface area is 166 Å². The number of amides is 2. The van der Waals surface area contributed by atoms with Crippen LogP contribution in [0.15, 0.2) is 48.5 Å². The van der Waals surface area contributed by atoms with Crippen molar-refractivity contribution in [3.05, 3.63) is 65.2 Å².